The van der Waals surface area contributed by atoms with Crippen molar-refractivity contribution in [2.24, 2.45) is 5.92 Å². The van der Waals surface area contributed by atoms with Crippen LogP contribution < -0.4 is 0 Å². The van der Waals surface area contributed by atoms with Crippen molar-refractivity contribution >= 4 is 38.5 Å². The molecule has 0 atom stereocenters. The van der Waals surface area contributed by atoms with Crippen LogP contribution in [0.5, 0.6) is 0 Å². The third-order valence-electron chi connectivity index (χ3n) is 7.92. The number of hydrogen-bond donors (Lipinski definition) is 0. The summed E-state index contributed by atoms with van der Waals surface area (Å²) in [5, 5.41) is 1.17. The summed E-state index contributed by atoms with van der Waals surface area (Å²) in [6, 6.07) is 15.0. The van der Waals surface area contributed by atoms with Crippen molar-refractivity contribution in [1.29, 1.82) is 0 Å². The maximum absolute atomic E-state index is 13.7. The molecule has 0 bridgehead atoms. The Morgan fingerprint density at radius 3 is 2.29 bits per heavy atom. The van der Waals surface area contributed by atoms with Crippen LogP contribution in [-0.2, 0) is 17.5 Å². The van der Waals surface area contributed by atoms with Crippen LogP contribution in [0.25, 0.3) is 21.3 Å². The summed E-state index contributed by atoms with van der Waals surface area (Å²) in [7, 11) is 0. The summed E-state index contributed by atoms with van der Waals surface area (Å²) in [5.74, 6) is -0.172. The summed E-state index contributed by atoms with van der Waals surface area (Å²) in [5.41, 5.74) is 1.94. The van der Waals surface area contributed by atoms with Gasteiger partial charge in [-0.15, -0.1) is 11.3 Å². The first kappa shape index (κ1) is 25.3. The number of para-hydroxylation sites is 3. The van der Waals surface area contributed by atoms with Crippen molar-refractivity contribution in [1.82, 2.24) is 24.3 Å². The molecule has 200 valence electrons. The summed E-state index contributed by atoms with van der Waals surface area (Å²) in [4.78, 5) is 25.8. The molecule has 0 N–H and O–H groups in total. The molecular formula is C28H30F3N5OS. The van der Waals surface area contributed by atoms with Crippen molar-refractivity contribution in [3.05, 3.63) is 59.4 Å². The predicted molar refractivity (Wildman–Crippen MR) is 142 cm³/mol. The van der Waals surface area contributed by atoms with Gasteiger partial charge < -0.3 is 9.47 Å². The Morgan fingerprint density at radius 2 is 1.58 bits per heavy atom. The Morgan fingerprint density at radius 1 is 0.895 bits per heavy atom. The highest BCUT2D eigenvalue weighted by molar-refractivity contribution is 7.18. The van der Waals surface area contributed by atoms with Crippen molar-refractivity contribution < 1.29 is 18.0 Å². The molecule has 2 saturated heterocycles. The Balaban J connectivity index is 1.01. The minimum absolute atomic E-state index is 0.115. The molecule has 4 aromatic rings. The molecular weight excluding hydrogens is 511 g/mol. The van der Waals surface area contributed by atoms with E-state index in [9.17, 15) is 18.0 Å². The van der Waals surface area contributed by atoms with Gasteiger partial charge in [0.05, 0.1) is 32.8 Å². The second-order valence-corrected chi connectivity index (χ2v) is 11.5. The number of hydrogen-bond acceptors (Lipinski definition) is 5. The molecule has 6 nitrogen and oxygen atoms in total. The molecule has 2 aliphatic heterocycles. The zero-order valence-electron chi connectivity index (χ0n) is 21.0. The quantitative estimate of drug-likeness (QED) is 0.321. The van der Waals surface area contributed by atoms with E-state index >= 15 is 0 Å². The number of alkyl halides is 3. The Labute approximate surface area is 223 Å². The van der Waals surface area contributed by atoms with E-state index in [-0.39, 0.29) is 18.4 Å². The molecule has 0 saturated carbocycles. The van der Waals surface area contributed by atoms with Gasteiger partial charge in [-0.3, -0.25) is 9.69 Å². The number of piperidine rings is 2. The van der Waals surface area contributed by atoms with Crippen LogP contribution in [0.1, 0.15) is 42.4 Å². The summed E-state index contributed by atoms with van der Waals surface area (Å²) < 4.78 is 43.5. The van der Waals surface area contributed by atoms with Gasteiger partial charge in [0.15, 0.2) is 0 Å². The van der Waals surface area contributed by atoms with Crippen molar-refractivity contribution in [2.75, 3.05) is 32.7 Å². The van der Waals surface area contributed by atoms with Crippen molar-refractivity contribution in [3.63, 3.8) is 0 Å². The fourth-order valence-electron chi connectivity index (χ4n) is 5.79. The molecule has 2 aromatic carbocycles. The number of halogens is 3. The van der Waals surface area contributed by atoms with Crippen molar-refractivity contribution in [2.45, 2.75) is 44.3 Å². The molecule has 0 aliphatic carbocycles. The first-order chi connectivity index (χ1) is 18.3. The fraction of sp³-hybridized carbons (Fsp3) is 0.464. The second kappa shape index (κ2) is 10.3. The normalized spacial score (nSPS) is 18.6. The van der Waals surface area contributed by atoms with Crippen LogP contribution in [0.2, 0.25) is 0 Å². The van der Waals surface area contributed by atoms with Gasteiger partial charge in [-0.25, -0.2) is 9.97 Å². The molecule has 0 spiro atoms. The molecule has 10 heteroatoms. The van der Waals surface area contributed by atoms with E-state index in [0.29, 0.717) is 36.6 Å². The Kier molecular flexibility index (Phi) is 6.86. The first-order valence-electron chi connectivity index (χ1n) is 13.2. The number of aromatic nitrogens is 3. The number of carbonyl (C=O) groups is 1. The monoisotopic (exact) mass is 541 g/mol. The third kappa shape index (κ3) is 5.16. The fourth-order valence-corrected chi connectivity index (χ4v) is 6.93. The van der Waals surface area contributed by atoms with E-state index in [0.717, 1.165) is 44.3 Å². The van der Waals surface area contributed by atoms with Gasteiger partial charge in [-0.2, -0.15) is 13.2 Å². The average molecular weight is 542 g/mol. The van der Waals surface area contributed by atoms with Crippen LogP contribution in [0.3, 0.4) is 0 Å². The lowest BCUT2D eigenvalue weighted by molar-refractivity contribution is -0.147. The number of carbonyl (C=O) groups excluding carboxylic acids is 1. The van der Waals surface area contributed by atoms with E-state index < -0.39 is 12.0 Å². The van der Waals surface area contributed by atoms with Crippen LogP contribution in [0, 0.1) is 5.92 Å². The number of thiazole rings is 1. The van der Waals surface area contributed by atoms with E-state index in [4.69, 9.17) is 4.98 Å². The molecule has 0 radical (unpaired) electrons. The highest BCUT2D eigenvalue weighted by Gasteiger charge is 2.38. The number of benzene rings is 2. The topological polar surface area (TPSA) is 54.3 Å². The van der Waals surface area contributed by atoms with Gasteiger partial charge >= 0.3 is 6.18 Å². The summed E-state index contributed by atoms with van der Waals surface area (Å²) in [6.07, 6.45) is -1.12. The average Bonchev–Trinajstić information content (AvgIpc) is 3.52. The van der Waals surface area contributed by atoms with Gasteiger partial charge in [0.2, 0.25) is 11.7 Å². The van der Waals surface area contributed by atoms with Crippen LogP contribution >= 0.6 is 11.3 Å². The van der Waals surface area contributed by atoms with E-state index in [1.807, 2.05) is 23.1 Å². The zero-order chi connectivity index (χ0) is 26.3. The second-order valence-electron chi connectivity index (χ2n) is 10.4. The number of imidazole rings is 1. The van der Waals surface area contributed by atoms with Gasteiger partial charge in [0, 0.05) is 25.6 Å². The van der Waals surface area contributed by atoms with Gasteiger partial charge in [-0.05, 0) is 69.0 Å². The highest BCUT2D eigenvalue weighted by Crippen LogP contribution is 2.35. The molecule has 2 aromatic heterocycles. The number of nitrogens with zero attached hydrogens (tertiary/aromatic N) is 5. The van der Waals surface area contributed by atoms with Gasteiger partial charge in [-0.1, -0.05) is 24.3 Å². The van der Waals surface area contributed by atoms with E-state index in [2.05, 4.69) is 16.0 Å². The van der Waals surface area contributed by atoms with E-state index in [1.54, 1.807) is 35.6 Å². The molecule has 0 unspecified atom stereocenters. The lowest BCUT2D eigenvalue weighted by Crippen LogP contribution is -2.46. The number of rotatable bonds is 5. The lowest BCUT2D eigenvalue weighted by atomic mass is 9.96. The lowest BCUT2D eigenvalue weighted by Gasteiger charge is -2.35. The highest BCUT2D eigenvalue weighted by atomic mass is 32.1. The minimum atomic E-state index is -4.49. The molecule has 2 aliphatic rings. The van der Waals surface area contributed by atoms with Gasteiger partial charge in [0.1, 0.15) is 0 Å². The van der Waals surface area contributed by atoms with Crippen molar-refractivity contribution in [3.8, 4) is 0 Å². The van der Waals surface area contributed by atoms with E-state index in [1.165, 1.54) is 14.3 Å². The minimum Gasteiger partial charge on any atom is -0.342 e. The first-order valence-corrected chi connectivity index (χ1v) is 14.0. The summed E-state index contributed by atoms with van der Waals surface area (Å²) >= 11 is 1.75. The Hall–Kier alpha value is -2.98. The number of amides is 1. The maximum Gasteiger partial charge on any atom is 0.449 e. The maximum atomic E-state index is 13.7. The number of likely N-dealkylation sites (tertiary alicyclic amines) is 2. The predicted octanol–water partition coefficient (Wildman–Crippen LogP) is 5.78. The van der Waals surface area contributed by atoms with Crippen LogP contribution in [0.4, 0.5) is 13.2 Å². The molecule has 4 heterocycles. The molecule has 38 heavy (non-hydrogen) atoms. The van der Waals surface area contributed by atoms with Gasteiger partial charge in [0.25, 0.3) is 0 Å². The Bertz CT molecular complexity index is 1400. The number of fused-ring (bicyclic) bond motifs is 2. The summed E-state index contributed by atoms with van der Waals surface area (Å²) in [6.45, 7) is 3.57. The largest absolute Gasteiger partial charge is 0.449 e. The smallest absolute Gasteiger partial charge is 0.342 e. The molecule has 2 fully saturated rings. The van der Waals surface area contributed by atoms with Crippen LogP contribution in [-0.4, -0.2) is 63.0 Å². The third-order valence-corrected chi connectivity index (χ3v) is 9.12. The van der Waals surface area contributed by atoms with Crippen LogP contribution in [0.15, 0.2) is 48.5 Å². The molecule has 1 amide bonds. The zero-order valence-corrected chi connectivity index (χ0v) is 21.8. The SMILES string of the molecule is O=C(CN1CCC(Cn2c(C(F)(F)F)nc3ccccc32)CC1)N1CCC(c2nc3ccccc3s2)CC1. The standard InChI is InChI=1S/C28H30F3N5OS/c29-28(30,31)27-33-21-5-1-3-7-23(21)36(27)17-19-9-13-34(14-10-19)18-25(37)35-15-11-20(12-16-35)26-32-22-6-2-4-8-24(22)38-26/h1-8,19-20H,9-18H2. The molecule has 6 rings (SSSR count).